The van der Waals surface area contributed by atoms with E-state index in [4.69, 9.17) is 9.47 Å². The molecule has 2 aliphatic carbocycles. The van der Waals surface area contributed by atoms with Crippen LogP contribution in [0, 0.1) is 10.8 Å². The van der Waals surface area contributed by atoms with Gasteiger partial charge in [0, 0.05) is 10.0 Å². The first-order valence-corrected chi connectivity index (χ1v) is 11.1. The molecule has 4 nitrogen and oxygen atoms in total. The molecule has 2 saturated heterocycles. The van der Waals surface area contributed by atoms with Crippen LogP contribution in [-0.4, -0.2) is 18.0 Å². The molecule has 27 heavy (non-hydrogen) atoms. The number of benzene rings is 1. The van der Waals surface area contributed by atoms with Crippen molar-refractivity contribution in [1.82, 2.24) is 0 Å². The van der Waals surface area contributed by atoms with Gasteiger partial charge < -0.3 is 9.47 Å². The van der Waals surface area contributed by atoms with Crippen molar-refractivity contribution in [3.05, 3.63) is 34.3 Å². The van der Waals surface area contributed by atoms with Gasteiger partial charge in [-0.1, -0.05) is 66.6 Å². The summed E-state index contributed by atoms with van der Waals surface area (Å²) in [6.45, 7) is 0. The van der Waals surface area contributed by atoms with Crippen molar-refractivity contribution in [2.24, 2.45) is 10.8 Å². The number of hydrogen-bond acceptors (Lipinski definition) is 4. The zero-order valence-corrected chi connectivity index (χ0v) is 17.1. The van der Waals surface area contributed by atoms with Gasteiger partial charge in [-0.3, -0.25) is 9.59 Å². The molecule has 1 aromatic rings. The van der Waals surface area contributed by atoms with Crippen LogP contribution in [0.2, 0.25) is 0 Å². The number of carbonyl (C=O) groups is 2. The molecular weight excluding hydrogens is 408 g/mol. The maximum absolute atomic E-state index is 13.3. The van der Waals surface area contributed by atoms with Crippen molar-refractivity contribution >= 4 is 27.9 Å². The van der Waals surface area contributed by atoms with Gasteiger partial charge in [-0.25, -0.2) is 0 Å². The third kappa shape index (κ3) is 2.15. The van der Waals surface area contributed by atoms with Gasteiger partial charge in [-0.15, -0.1) is 0 Å². The quantitative estimate of drug-likeness (QED) is 0.584. The first kappa shape index (κ1) is 17.7. The van der Waals surface area contributed by atoms with E-state index in [1.54, 1.807) is 0 Å². The first-order valence-electron chi connectivity index (χ1n) is 10.3. The molecule has 5 rings (SSSR count). The van der Waals surface area contributed by atoms with Crippen LogP contribution in [0.3, 0.4) is 0 Å². The number of esters is 2. The number of halogens is 1. The first-order chi connectivity index (χ1) is 13.1. The van der Waals surface area contributed by atoms with Crippen molar-refractivity contribution in [3.8, 4) is 0 Å². The van der Waals surface area contributed by atoms with Gasteiger partial charge in [-0.2, -0.15) is 0 Å². The summed E-state index contributed by atoms with van der Waals surface area (Å²) in [5, 5.41) is 0. The number of carbonyl (C=O) groups excluding carboxylic acids is 2. The average molecular weight is 433 g/mol. The maximum Gasteiger partial charge on any atom is 0.317 e. The highest BCUT2D eigenvalue weighted by atomic mass is 79.9. The van der Waals surface area contributed by atoms with E-state index in [0.717, 1.165) is 74.2 Å². The highest BCUT2D eigenvalue weighted by molar-refractivity contribution is 9.10. The largest absolute Gasteiger partial charge is 0.456 e. The van der Waals surface area contributed by atoms with Crippen LogP contribution in [0.4, 0.5) is 0 Å². The molecule has 0 radical (unpaired) electrons. The van der Waals surface area contributed by atoms with Gasteiger partial charge in [0.1, 0.15) is 10.8 Å². The Morgan fingerprint density at radius 2 is 1.41 bits per heavy atom. The summed E-state index contributed by atoms with van der Waals surface area (Å²) in [6, 6.07) is 7.95. The molecule has 0 bridgehead atoms. The summed E-state index contributed by atoms with van der Waals surface area (Å²) >= 11 is 3.50. The lowest BCUT2D eigenvalue weighted by atomic mass is 9.57. The van der Waals surface area contributed by atoms with Gasteiger partial charge in [0.2, 0.25) is 0 Å². The monoisotopic (exact) mass is 432 g/mol. The fraction of sp³-hybridized carbons (Fsp3) is 0.636. The summed E-state index contributed by atoms with van der Waals surface area (Å²) in [6.07, 6.45) is 8.69. The van der Waals surface area contributed by atoms with E-state index < -0.39 is 22.5 Å². The molecule has 0 N–H and O–H groups in total. The Labute approximate surface area is 168 Å². The molecule has 4 fully saturated rings. The second-order valence-electron chi connectivity index (χ2n) is 8.78. The Kier molecular flexibility index (Phi) is 3.98. The van der Waals surface area contributed by atoms with E-state index in [0.29, 0.717) is 0 Å². The van der Waals surface area contributed by atoms with E-state index in [1.165, 1.54) is 0 Å². The standard InChI is InChI=1S/C22H25BrO4/c23-16-9-7-15(8-10-16)22-17(20(18(24)27-22)11-3-1-4-12-20)26-19(25)21(22)13-5-2-6-14-21/h7-10,17H,1-6,11-14H2/t17-,22-/m1/s1. The third-order valence-electron chi connectivity index (χ3n) is 7.58. The van der Waals surface area contributed by atoms with Gasteiger partial charge in [0.25, 0.3) is 0 Å². The predicted molar refractivity (Wildman–Crippen MR) is 103 cm³/mol. The molecule has 5 heteroatoms. The van der Waals surface area contributed by atoms with Gasteiger partial charge >= 0.3 is 11.9 Å². The molecule has 2 heterocycles. The maximum atomic E-state index is 13.3. The van der Waals surface area contributed by atoms with E-state index in [1.807, 2.05) is 24.3 Å². The molecule has 0 unspecified atom stereocenters. The minimum absolute atomic E-state index is 0.146. The zero-order chi connectivity index (χ0) is 18.7. The summed E-state index contributed by atoms with van der Waals surface area (Å²) in [7, 11) is 0. The van der Waals surface area contributed by atoms with Crippen LogP contribution >= 0.6 is 15.9 Å². The molecule has 144 valence electrons. The summed E-state index contributed by atoms with van der Waals surface area (Å²) < 4.78 is 13.5. The number of hydrogen-bond donors (Lipinski definition) is 0. The highest BCUT2D eigenvalue weighted by Gasteiger charge is 2.80. The van der Waals surface area contributed by atoms with Crippen molar-refractivity contribution in [3.63, 3.8) is 0 Å². The third-order valence-corrected chi connectivity index (χ3v) is 8.11. The molecule has 2 atom stereocenters. The molecule has 1 aromatic carbocycles. The van der Waals surface area contributed by atoms with Crippen LogP contribution in [-0.2, 0) is 24.7 Å². The highest BCUT2D eigenvalue weighted by Crippen LogP contribution is 2.68. The van der Waals surface area contributed by atoms with E-state index >= 15 is 0 Å². The summed E-state index contributed by atoms with van der Waals surface area (Å²) in [5.41, 5.74) is -1.46. The van der Waals surface area contributed by atoms with Gasteiger partial charge in [0.15, 0.2) is 11.7 Å². The second-order valence-corrected chi connectivity index (χ2v) is 9.69. The van der Waals surface area contributed by atoms with E-state index in [2.05, 4.69) is 15.9 Å². The molecule has 0 aromatic heterocycles. The van der Waals surface area contributed by atoms with Crippen LogP contribution in [0.1, 0.15) is 69.8 Å². The van der Waals surface area contributed by atoms with Crippen LogP contribution < -0.4 is 0 Å². The Balaban J connectivity index is 1.72. The van der Waals surface area contributed by atoms with Crippen LogP contribution in [0.5, 0.6) is 0 Å². The fourth-order valence-corrected chi connectivity index (χ4v) is 6.54. The Morgan fingerprint density at radius 1 is 0.815 bits per heavy atom. The molecule has 2 spiro atoms. The molecular formula is C22H25BrO4. The smallest absolute Gasteiger partial charge is 0.317 e. The minimum atomic E-state index is -0.973. The lowest BCUT2D eigenvalue weighted by Crippen LogP contribution is -2.52. The van der Waals surface area contributed by atoms with Gasteiger partial charge in [-0.05, 0) is 37.8 Å². The summed E-state index contributed by atoms with van der Waals surface area (Å²) in [4.78, 5) is 26.6. The van der Waals surface area contributed by atoms with E-state index in [-0.39, 0.29) is 11.9 Å². The fourth-order valence-electron chi connectivity index (χ4n) is 6.28. The normalized spacial score (nSPS) is 33.7. The topological polar surface area (TPSA) is 52.6 Å². The predicted octanol–water partition coefficient (Wildman–Crippen LogP) is 5.03. The van der Waals surface area contributed by atoms with Gasteiger partial charge in [0.05, 0.1) is 0 Å². The molecule has 2 saturated carbocycles. The van der Waals surface area contributed by atoms with Crippen LogP contribution in [0.15, 0.2) is 28.7 Å². The average Bonchev–Trinajstić information content (AvgIpc) is 3.06. The van der Waals surface area contributed by atoms with Crippen molar-refractivity contribution in [1.29, 1.82) is 0 Å². The Morgan fingerprint density at radius 3 is 2.04 bits per heavy atom. The number of fused-ring (bicyclic) bond motifs is 3. The van der Waals surface area contributed by atoms with Crippen molar-refractivity contribution < 1.29 is 19.1 Å². The number of ether oxygens (including phenoxy) is 2. The SMILES string of the molecule is O=C1O[C@]2(c3ccc(Br)cc3)[C@H](OC(=O)C23CCCCC3)C12CCCCC2. The Bertz CT molecular complexity index is 772. The van der Waals surface area contributed by atoms with Crippen molar-refractivity contribution in [2.45, 2.75) is 75.9 Å². The number of rotatable bonds is 1. The van der Waals surface area contributed by atoms with Crippen LogP contribution in [0.25, 0.3) is 0 Å². The minimum Gasteiger partial charge on any atom is -0.456 e. The molecule has 0 amide bonds. The lowest BCUT2D eigenvalue weighted by molar-refractivity contribution is -0.173. The second kappa shape index (κ2) is 6.07. The van der Waals surface area contributed by atoms with Crippen molar-refractivity contribution in [2.75, 3.05) is 0 Å². The molecule has 4 aliphatic rings. The zero-order valence-electron chi connectivity index (χ0n) is 15.5. The Hall–Kier alpha value is -1.36. The molecule has 2 aliphatic heterocycles. The van der Waals surface area contributed by atoms with E-state index in [9.17, 15) is 9.59 Å². The summed E-state index contributed by atoms with van der Waals surface area (Å²) in [5.74, 6) is -0.292. The lowest BCUT2D eigenvalue weighted by Gasteiger charge is -2.43.